The first kappa shape index (κ1) is 14.0. The summed E-state index contributed by atoms with van der Waals surface area (Å²) < 4.78 is 5.32. The van der Waals surface area contributed by atoms with Crippen molar-refractivity contribution in [3.05, 3.63) is 35.4 Å². The van der Waals surface area contributed by atoms with Crippen molar-refractivity contribution < 1.29 is 4.74 Å². The molecule has 0 amide bonds. The largest absolute Gasteiger partial charge is 0.464 e. The average molecular weight is 273 g/mol. The molecule has 0 aliphatic heterocycles. The summed E-state index contributed by atoms with van der Waals surface area (Å²) in [6.07, 6.45) is 0. The molecule has 2 N–H and O–H groups in total. The van der Waals surface area contributed by atoms with Gasteiger partial charge >= 0.3 is 6.01 Å². The number of ether oxygens (including phenoxy) is 1. The van der Waals surface area contributed by atoms with Crippen LogP contribution in [0.4, 0.5) is 11.9 Å². The molecule has 0 saturated carbocycles. The predicted octanol–water partition coefficient (Wildman–Crippen LogP) is 2.23. The maximum Gasteiger partial charge on any atom is 0.323 e. The lowest BCUT2D eigenvalue weighted by Gasteiger charge is -2.09. The van der Waals surface area contributed by atoms with Gasteiger partial charge in [0.1, 0.15) is 0 Å². The number of rotatable bonds is 6. The normalized spacial score (nSPS) is 10.2. The van der Waals surface area contributed by atoms with Crippen LogP contribution in [-0.2, 0) is 6.54 Å². The van der Waals surface area contributed by atoms with E-state index in [0.717, 1.165) is 0 Å². The van der Waals surface area contributed by atoms with Gasteiger partial charge in [0.05, 0.1) is 6.61 Å². The monoisotopic (exact) mass is 273 g/mol. The Balaban J connectivity index is 2.10. The first-order valence-electron chi connectivity index (χ1n) is 6.57. The fourth-order valence-corrected chi connectivity index (χ4v) is 1.74. The van der Waals surface area contributed by atoms with E-state index >= 15 is 0 Å². The average Bonchev–Trinajstić information content (AvgIpc) is 2.45. The SMILES string of the molecule is CCOc1nc(NC)nc(NCc2cccc(C)c2)n1. The molecule has 2 aromatic rings. The third kappa shape index (κ3) is 3.81. The highest BCUT2D eigenvalue weighted by molar-refractivity contribution is 5.36. The molecule has 0 spiro atoms. The molecule has 0 aliphatic carbocycles. The van der Waals surface area contributed by atoms with Gasteiger partial charge in [-0.1, -0.05) is 29.8 Å². The highest BCUT2D eigenvalue weighted by Gasteiger charge is 2.06. The fraction of sp³-hybridized carbons (Fsp3) is 0.357. The lowest BCUT2D eigenvalue weighted by molar-refractivity contribution is 0.312. The number of aromatic nitrogens is 3. The molecule has 1 heterocycles. The fourth-order valence-electron chi connectivity index (χ4n) is 1.74. The number of benzene rings is 1. The minimum atomic E-state index is 0.318. The molecule has 6 heteroatoms. The third-order valence-electron chi connectivity index (χ3n) is 2.65. The Kier molecular flexibility index (Phi) is 4.70. The van der Waals surface area contributed by atoms with Crippen LogP contribution in [-0.4, -0.2) is 28.6 Å². The van der Waals surface area contributed by atoms with Crippen LogP contribution in [0, 0.1) is 6.92 Å². The van der Waals surface area contributed by atoms with Crippen LogP contribution in [0.25, 0.3) is 0 Å². The Labute approximate surface area is 118 Å². The quantitative estimate of drug-likeness (QED) is 0.841. The Morgan fingerprint density at radius 1 is 1.15 bits per heavy atom. The van der Waals surface area contributed by atoms with Crippen LogP contribution >= 0.6 is 0 Å². The lowest BCUT2D eigenvalue weighted by atomic mass is 10.1. The summed E-state index contributed by atoms with van der Waals surface area (Å²) in [6.45, 7) is 5.13. The maximum atomic E-state index is 5.32. The summed E-state index contributed by atoms with van der Waals surface area (Å²) in [5.74, 6) is 0.976. The first-order valence-corrected chi connectivity index (χ1v) is 6.57. The molecule has 0 saturated heterocycles. The van der Waals surface area contributed by atoms with Gasteiger partial charge in [-0.15, -0.1) is 0 Å². The molecule has 0 aliphatic rings. The molecular weight excluding hydrogens is 254 g/mol. The van der Waals surface area contributed by atoms with Crippen molar-refractivity contribution in [2.75, 3.05) is 24.3 Å². The van der Waals surface area contributed by atoms with Crippen molar-refractivity contribution in [1.29, 1.82) is 0 Å². The molecule has 6 nitrogen and oxygen atoms in total. The molecule has 0 atom stereocenters. The van der Waals surface area contributed by atoms with Gasteiger partial charge < -0.3 is 15.4 Å². The van der Waals surface area contributed by atoms with E-state index in [2.05, 4.69) is 50.7 Å². The van der Waals surface area contributed by atoms with E-state index in [-0.39, 0.29) is 0 Å². The number of aryl methyl sites for hydroxylation is 1. The second-order valence-electron chi connectivity index (χ2n) is 4.29. The second kappa shape index (κ2) is 6.70. The Morgan fingerprint density at radius 3 is 2.65 bits per heavy atom. The molecule has 0 unspecified atom stereocenters. The maximum absolute atomic E-state index is 5.32. The molecule has 106 valence electrons. The van der Waals surface area contributed by atoms with E-state index in [0.29, 0.717) is 31.1 Å². The summed E-state index contributed by atoms with van der Waals surface area (Å²) in [5.41, 5.74) is 2.40. The van der Waals surface area contributed by atoms with Crippen LogP contribution in [0.2, 0.25) is 0 Å². The van der Waals surface area contributed by atoms with Gasteiger partial charge in [0.15, 0.2) is 0 Å². The van der Waals surface area contributed by atoms with Gasteiger partial charge in [-0.3, -0.25) is 0 Å². The molecule has 0 bridgehead atoms. The van der Waals surface area contributed by atoms with Gasteiger partial charge in [-0.2, -0.15) is 15.0 Å². The molecular formula is C14H19N5O. The summed E-state index contributed by atoms with van der Waals surface area (Å²) in [7, 11) is 1.76. The van der Waals surface area contributed by atoms with Gasteiger partial charge in [0.25, 0.3) is 0 Å². The number of anilines is 2. The Bertz CT molecular complexity index is 573. The van der Waals surface area contributed by atoms with Gasteiger partial charge in [-0.05, 0) is 19.4 Å². The van der Waals surface area contributed by atoms with Crippen molar-refractivity contribution in [3.8, 4) is 6.01 Å². The minimum Gasteiger partial charge on any atom is -0.464 e. The van der Waals surface area contributed by atoms with Crippen LogP contribution < -0.4 is 15.4 Å². The second-order valence-corrected chi connectivity index (χ2v) is 4.29. The van der Waals surface area contributed by atoms with Crippen molar-refractivity contribution in [2.45, 2.75) is 20.4 Å². The van der Waals surface area contributed by atoms with E-state index in [9.17, 15) is 0 Å². The molecule has 0 fully saturated rings. The zero-order valence-corrected chi connectivity index (χ0v) is 12.0. The summed E-state index contributed by atoms with van der Waals surface area (Å²) in [6, 6.07) is 8.60. The number of hydrogen-bond acceptors (Lipinski definition) is 6. The minimum absolute atomic E-state index is 0.318. The molecule has 2 rings (SSSR count). The first-order chi connectivity index (χ1) is 9.71. The summed E-state index contributed by atoms with van der Waals surface area (Å²) in [4.78, 5) is 12.6. The van der Waals surface area contributed by atoms with Gasteiger partial charge in [0, 0.05) is 13.6 Å². The topological polar surface area (TPSA) is 72.0 Å². The van der Waals surface area contributed by atoms with Crippen molar-refractivity contribution >= 4 is 11.9 Å². The number of nitrogens with one attached hydrogen (secondary N) is 2. The summed E-state index contributed by atoms with van der Waals surface area (Å²) >= 11 is 0. The van der Waals surface area contributed by atoms with Crippen LogP contribution in [0.15, 0.2) is 24.3 Å². The molecule has 1 aromatic heterocycles. The zero-order valence-electron chi connectivity index (χ0n) is 12.0. The number of hydrogen-bond donors (Lipinski definition) is 2. The highest BCUT2D eigenvalue weighted by atomic mass is 16.5. The zero-order chi connectivity index (χ0) is 14.4. The highest BCUT2D eigenvalue weighted by Crippen LogP contribution is 2.12. The predicted molar refractivity (Wildman–Crippen MR) is 79.0 cm³/mol. The van der Waals surface area contributed by atoms with E-state index in [1.165, 1.54) is 11.1 Å². The van der Waals surface area contributed by atoms with Crippen molar-refractivity contribution in [1.82, 2.24) is 15.0 Å². The van der Waals surface area contributed by atoms with Crippen LogP contribution in [0.3, 0.4) is 0 Å². The standard InChI is InChI=1S/C14H19N5O/c1-4-20-14-18-12(15-3)17-13(19-14)16-9-11-7-5-6-10(2)8-11/h5-8H,4,9H2,1-3H3,(H2,15,16,17,18,19). The Hall–Kier alpha value is -2.37. The van der Waals surface area contributed by atoms with E-state index in [4.69, 9.17) is 4.74 Å². The molecule has 1 aromatic carbocycles. The van der Waals surface area contributed by atoms with Gasteiger partial charge in [-0.25, -0.2) is 0 Å². The van der Waals surface area contributed by atoms with Crippen LogP contribution in [0.1, 0.15) is 18.1 Å². The van der Waals surface area contributed by atoms with Crippen molar-refractivity contribution in [3.63, 3.8) is 0 Å². The molecule has 20 heavy (non-hydrogen) atoms. The van der Waals surface area contributed by atoms with E-state index in [1.54, 1.807) is 7.05 Å². The van der Waals surface area contributed by atoms with Crippen molar-refractivity contribution in [2.24, 2.45) is 0 Å². The van der Waals surface area contributed by atoms with Gasteiger partial charge in [0.2, 0.25) is 11.9 Å². The van der Waals surface area contributed by atoms with Crippen LogP contribution in [0.5, 0.6) is 6.01 Å². The smallest absolute Gasteiger partial charge is 0.323 e. The van der Waals surface area contributed by atoms with E-state index in [1.807, 2.05) is 13.0 Å². The van der Waals surface area contributed by atoms with E-state index < -0.39 is 0 Å². The summed E-state index contributed by atoms with van der Waals surface area (Å²) in [5, 5.41) is 6.07. The molecule has 0 radical (unpaired) electrons. The third-order valence-corrected chi connectivity index (χ3v) is 2.65. The number of nitrogens with zero attached hydrogens (tertiary/aromatic N) is 3. The Morgan fingerprint density at radius 2 is 1.95 bits per heavy atom. The lowest BCUT2D eigenvalue weighted by Crippen LogP contribution is -2.09.